The second-order valence-corrected chi connectivity index (χ2v) is 8.55. The SMILES string of the molecule is CCC(=O)c1[nH]c(C(=O)OC)c(-c2c[nH]c3ccc(Cl)cc23)c1-c1c[nH]c2ccc(Cl)cc12. The van der Waals surface area contributed by atoms with E-state index in [4.69, 9.17) is 27.9 Å². The van der Waals surface area contributed by atoms with Gasteiger partial charge in [0.25, 0.3) is 0 Å². The zero-order chi connectivity index (χ0) is 23.3. The third kappa shape index (κ3) is 3.43. The van der Waals surface area contributed by atoms with Crippen molar-refractivity contribution >= 4 is 56.8 Å². The van der Waals surface area contributed by atoms with Crippen LogP contribution in [-0.2, 0) is 4.74 Å². The van der Waals surface area contributed by atoms with Crippen molar-refractivity contribution in [1.29, 1.82) is 0 Å². The molecule has 0 spiro atoms. The van der Waals surface area contributed by atoms with Gasteiger partial charge < -0.3 is 19.7 Å². The number of nitrogens with one attached hydrogen (secondary N) is 3. The fourth-order valence-corrected chi connectivity index (χ4v) is 4.62. The Morgan fingerprint density at radius 1 is 0.848 bits per heavy atom. The topological polar surface area (TPSA) is 90.7 Å². The lowest BCUT2D eigenvalue weighted by Crippen LogP contribution is -2.04. The Balaban J connectivity index is 1.94. The number of esters is 1. The number of hydrogen-bond acceptors (Lipinski definition) is 3. The van der Waals surface area contributed by atoms with Gasteiger partial charge in [-0.15, -0.1) is 0 Å². The summed E-state index contributed by atoms with van der Waals surface area (Å²) in [4.78, 5) is 35.5. The standard InChI is InChI=1S/C25H19Cl2N3O3/c1-3-20(31)23-21(16-10-28-18-6-4-12(26)8-14(16)18)22(24(30-23)25(32)33-2)17-11-29-19-7-5-13(27)9-15(17)19/h4-11,28-30H,3H2,1-2H3. The predicted molar refractivity (Wildman–Crippen MR) is 131 cm³/mol. The van der Waals surface area contributed by atoms with Crippen molar-refractivity contribution in [1.82, 2.24) is 15.0 Å². The van der Waals surface area contributed by atoms with Crippen molar-refractivity contribution in [3.05, 3.63) is 70.2 Å². The summed E-state index contributed by atoms with van der Waals surface area (Å²) in [6.07, 6.45) is 3.89. The van der Waals surface area contributed by atoms with Crippen LogP contribution in [0.3, 0.4) is 0 Å². The number of fused-ring (bicyclic) bond motifs is 2. The molecule has 0 saturated heterocycles. The highest BCUT2D eigenvalue weighted by atomic mass is 35.5. The van der Waals surface area contributed by atoms with E-state index in [1.807, 2.05) is 36.7 Å². The Bertz CT molecular complexity index is 1440. The van der Waals surface area contributed by atoms with E-state index < -0.39 is 5.97 Å². The summed E-state index contributed by atoms with van der Waals surface area (Å²) in [6.45, 7) is 1.78. The van der Waals surface area contributed by atoms with E-state index in [9.17, 15) is 9.59 Å². The molecule has 0 aliphatic rings. The van der Waals surface area contributed by atoms with Crippen LogP contribution in [0.5, 0.6) is 0 Å². The second-order valence-electron chi connectivity index (χ2n) is 7.68. The number of ketones is 1. The van der Waals surface area contributed by atoms with Crippen LogP contribution in [0.4, 0.5) is 0 Å². The number of methoxy groups -OCH3 is 1. The maximum atomic E-state index is 13.0. The number of aromatic amines is 3. The van der Waals surface area contributed by atoms with Crippen LogP contribution in [0, 0.1) is 0 Å². The largest absolute Gasteiger partial charge is 0.464 e. The first-order valence-corrected chi connectivity index (χ1v) is 11.1. The number of carbonyl (C=O) groups excluding carboxylic acids is 2. The summed E-state index contributed by atoms with van der Waals surface area (Å²) in [7, 11) is 1.31. The molecule has 8 heteroatoms. The quantitative estimate of drug-likeness (QED) is 0.187. The summed E-state index contributed by atoms with van der Waals surface area (Å²) in [5, 5.41) is 2.78. The Morgan fingerprint density at radius 3 is 1.85 bits per heavy atom. The van der Waals surface area contributed by atoms with Gasteiger partial charge in [-0.25, -0.2) is 4.79 Å². The number of rotatable bonds is 5. The summed E-state index contributed by atoms with van der Waals surface area (Å²) in [5.74, 6) is -0.702. The van der Waals surface area contributed by atoms with E-state index in [0.29, 0.717) is 26.9 Å². The van der Waals surface area contributed by atoms with Crippen LogP contribution in [0.2, 0.25) is 10.0 Å². The van der Waals surface area contributed by atoms with Crippen LogP contribution in [0.25, 0.3) is 44.1 Å². The summed E-state index contributed by atoms with van der Waals surface area (Å²) >= 11 is 12.6. The fraction of sp³-hybridized carbons (Fsp3) is 0.120. The van der Waals surface area contributed by atoms with Crippen molar-refractivity contribution in [2.45, 2.75) is 13.3 Å². The molecular formula is C25H19Cl2N3O3. The summed E-state index contributed by atoms with van der Waals surface area (Å²) in [6, 6.07) is 11.0. The highest BCUT2D eigenvalue weighted by molar-refractivity contribution is 6.32. The average molecular weight is 480 g/mol. The molecule has 2 aromatic carbocycles. The van der Waals surface area contributed by atoms with Crippen LogP contribution in [-0.4, -0.2) is 33.8 Å². The predicted octanol–water partition coefficient (Wildman–Crippen LogP) is 7.00. The summed E-state index contributed by atoms with van der Waals surface area (Å²) in [5.41, 5.74) is 4.89. The van der Waals surface area contributed by atoms with Gasteiger partial charge in [0.1, 0.15) is 5.69 Å². The molecule has 0 radical (unpaired) electrons. The smallest absolute Gasteiger partial charge is 0.355 e. The Morgan fingerprint density at radius 2 is 1.36 bits per heavy atom. The molecule has 0 fully saturated rings. The molecule has 0 bridgehead atoms. The zero-order valence-corrected chi connectivity index (χ0v) is 19.3. The molecule has 6 nitrogen and oxygen atoms in total. The van der Waals surface area contributed by atoms with E-state index in [1.165, 1.54) is 7.11 Å². The third-order valence-corrected chi connectivity index (χ3v) is 6.29. The lowest BCUT2D eigenvalue weighted by Gasteiger charge is -2.08. The van der Waals surface area contributed by atoms with Gasteiger partial charge in [-0.1, -0.05) is 30.1 Å². The van der Waals surface area contributed by atoms with Gasteiger partial charge in [0.05, 0.1) is 12.8 Å². The van der Waals surface area contributed by atoms with E-state index in [2.05, 4.69) is 15.0 Å². The average Bonchev–Trinajstić information content (AvgIpc) is 3.51. The monoisotopic (exact) mass is 479 g/mol. The number of hydrogen-bond donors (Lipinski definition) is 3. The highest BCUT2D eigenvalue weighted by Gasteiger charge is 2.30. The van der Waals surface area contributed by atoms with Gasteiger partial charge in [0.2, 0.25) is 0 Å². The van der Waals surface area contributed by atoms with E-state index in [-0.39, 0.29) is 17.9 Å². The van der Waals surface area contributed by atoms with Crippen molar-refractivity contribution in [2.75, 3.05) is 7.11 Å². The van der Waals surface area contributed by atoms with Gasteiger partial charge in [-0.05, 0) is 36.4 Å². The molecule has 0 aliphatic heterocycles. The number of halogens is 2. The maximum Gasteiger partial charge on any atom is 0.355 e. The highest BCUT2D eigenvalue weighted by Crippen LogP contribution is 2.44. The van der Waals surface area contributed by atoms with E-state index >= 15 is 0 Å². The van der Waals surface area contributed by atoms with Crippen molar-refractivity contribution in [3.8, 4) is 22.3 Å². The number of benzene rings is 2. The van der Waals surface area contributed by atoms with Crippen LogP contribution >= 0.6 is 23.2 Å². The molecule has 5 rings (SSSR count). The Kier molecular flexibility index (Phi) is 5.27. The van der Waals surface area contributed by atoms with Gasteiger partial charge in [-0.3, -0.25) is 4.79 Å². The molecule has 0 unspecified atom stereocenters. The Labute approximate surface area is 198 Å². The molecular weight excluding hydrogens is 461 g/mol. The molecule has 3 aromatic heterocycles. The van der Waals surface area contributed by atoms with E-state index in [0.717, 1.165) is 32.9 Å². The molecule has 166 valence electrons. The van der Waals surface area contributed by atoms with E-state index in [1.54, 1.807) is 19.1 Å². The van der Waals surface area contributed by atoms with Gasteiger partial charge in [0, 0.05) is 72.9 Å². The molecule has 0 saturated carbocycles. The lowest BCUT2D eigenvalue weighted by molar-refractivity contribution is 0.0595. The Hall–Kier alpha value is -3.48. The first kappa shape index (κ1) is 21.4. The number of Topliss-reactive ketones (excluding diaryl/α,β-unsaturated/α-hetero) is 1. The van der Waals surface area contributed by atoms with Crippen LogP contribution < -0.4 is 0 Å². The molecule has 33 heavy (non-hydrogen) atoms. The molecule has 3 heterocycles. The van der Waals surface area contributed by atoms with Gasteiger partial charge >= 0.3 is 5.97 Å². The van der Waals surface area contributed by atoms with Gasteiger partial charge in [-0.2, -0.15) is 0 Å². The normalized spacial score (nSPS) is 11.4. The molecule has 0 atom stereocenters. The second kappa shape index (κ2) is 8.14. The minimum Gasteiger partial charge on any atom is -0.464 e. The van der Waals surface area contributed by atoms with Gasteiger partial charge in [0.15, 0.2) is 5.78 Å². The molecule has 5 aromatic rings. The van der Waals surface area contributed by atoms with Crippen molar-refractivity contribution in [3.63, 3.8) is 0 Å². The first-order valence-electron chi connectivity index (χ1n) is 10.3. The number of H-pyrrole nitrogens is 3. The zero-order valence-electron chi connectivity index (χ0n) is 17.8. The third-order valence-electron chi connectivity index (χ3n) is 5.82. The fourth-order valence-electron chi connectivity index (χ4n) is 4.28. The number of carbonyl (C=O) groups is 2. The van der Waals surface area contributed by atoms with Crippen molar-refractivity contribution in [2.24, 2.45) is 0 Å². The molecule has 0 amide bonds. The van der Waals surface area contributed by atoms with Crippen LogP contribution in [0.1, 0.15) is 34.3 Å². The first-order chi connectivity index (χ1) is 15.9. The van der Waals surface area contributed by atoms with Crippen LogP contribution in [0.15, 0.2) is 48.8 Å². The number of ether oxygens (including phenoxy) is 1. The molecule has 3 N–H and O–H groups in total. The maximum absolute atomic E-state index is 13.0. The molecule has 0 aliphatic carbocycles. The summed E-state index contributed by atoms with van der Waals surface area (Å²) < 4.78 is 5.07. The van der Waals surface area contributed by atoms with Crippen molar-refractivity contribution < 1.29 is 14.3 Å². The number of aromatic nitrogens is 3. The minimum absolute atomic E-state index is 0.129. The minimum atomic E-state index is -0.573. The lowest BCUT2D eigenvalue weighted by atomic mass is 9.93.